The molecule has 3 heterocycles. The first kappa shape index (κ1) is 17.9. The lowest BCUT2D eigenvalue weighted by Gasteiger charge is -2.38. The maximum Gasteiger partial charge on any atom is 0.270 e. The minimum absolute atomic E-state index is 0.0274. The maximum absolute atomic E-state index is 13.0. The Hall–Kier alpha value is -2.51. The number of halogens is 1. The molecule has 7 heteroatoms. The summed E-state index contributed by atoms with van der Waals surface area (Å²) in [6, 6.07) is 13.1. The van der Waals surface area contributed by atoms with Gasteiger partial charge in [0.15, 0.2) is 0 Å². The highest BCUT2D eigenvalue weighted by atomic mass is 79.9. The van der Waals surface area contributed by atoms with Gasteiger partial charge in [-0.15, -0.1) is 0 Å². The van der Waals surface area contributed by atoms with Crippen LogP contribution in [-0.2, 0) is 10.3 Å². The number of nitrogens with zero attached hydrogens (tertiary/aromatic N) is 2. The molecule has 138 valence electrons. The summed E-state index contributed by atoms with van der Waals surface area (Å²) in [7, 11) is 0. The molecule has 0 radical (unpaired) electrons. The van der Waals surface area contributed by atoms with E-state index in [1.807, 2.05) is 24.3 Å². The Morgan fingerprint density at radius 3 is 2.78 bits per heavy atom. The van der Waals surface area contributed by atoms with E-state index in [1.165, 1.54) is 10.6 Å². The molecule has 4 rings (SSSR count). The van der Waals surface area contributed by atoms with Crippen molar-refractivity contribution in [3.05, 3.63) is 80.8 Å². The third-order valence-electron chi connectivity index (χ3n) is 4.93. The average Bonchev–Trinajstić information content (AvgIpc) is 2.69. The van der Waals surface area contributed by atoms with E-state index in [0.717, 1.165) is 10.0 Å². The van der Waals surface area contributed by atoms with E-state index in [9.17, 15) is 9.59 Å². The highest BCUT2D eigenvalue weighted by Crippen LogP contribution is 2.33. The van der Waals surface area contributed by atoms with Gasteiger partial charge >= 0.3 is 0 Å². The van der Waals surface area contributed by atoms with E-state index in [4.69, 9.17) is 4.74 Å². The zero-order chi connectivity index (χ0) is 18.9. The molecule has 6 nitrogen and oxygen atoms in total. The van der Waals surface area contributed by atoms with Gasteiger partial charge in [-0.05, 0) is 42.7 Å². The molecule has 0 unspecified atom stereocenters. The summed E-state index contributed by atoms with van der Waals surface area (Å²) < 4.78 is 7.82. The van der Waals surface area contributed by atoms with Crippen LogP contribution in [0.2, 0.25) is 0 Å². The van der Waals surface area contributed by atoms with Crippen molar-refractivity contribution >= 4 is 27.5 Å². The molecule has 27 heavy (non-hydrogen) atoms. The number of pyridine rings is 1. The number of amides is 1. The van der Waals surface area contributed by atoms with Gasteiger partial charge in [0.1, 0.15) is 11.2 Å². The number of benzene rings is 1. The van der Waals surface area contributed by atoms with Crippen LogP contribution >= 0.6 is 15.9 Å². The monoisotopic (exact) mass is 427 g/mol. The predicted molar refractivity (Wildman–Crippen MR) is 105 cm³/mol. The second-order valence-corrected chi connectivity index (χ2v) is 7.48. The number of hydrogen-bond acceptors (Lipinski definition) is 4. The molecule has 2 aromatic heterocycles. The van der Waals surface area contributed by atoms with Crippen molar-refractivity contribution in [3.63, 3.8) is 0 Å². The van der Waals surface area contributed by atoms with E-state index in [2.05, 4.69) is 26.2 Å². The summed E-state index contributed by atoms with van der Waals surface area (Å²) in [4.78, 5) is 30.0. The van der Waals surface area contributed by atoms with Crippen LogP contribution in [-0.4, -0.2) is 28.5 Å². The van der Waals surface area contributed by atoms with Crippen molar-refractivity contribution in [3.8, 4) is 0 Å². The molecule has 0 bridgehead atoms. The van der Waals surface area contributed by atoms with Crippen molar-refractivity contribution in [1.82, 2.24) is 14.7 Å². The van der Waals surface area contributed by atoms with Crippen LogP contribution in [0.4, 0.5) is 0 Å². The van der Waals surface area contributed by atoms with E-state index in [0.29, 0.717) is 31.7 Å². The quantitative estimate of drug-likeness (QED) is 0.697. The lowest BCUT2D eigenvalue weighted by atomic mass is 9.82. The second kappa shape index (κ2) is 7.25. The molecule has 1 N–H and O–H groups in total. The normalized spacial score (nSPS) is 16.2. The number of fused-ring (bicyclic) bond motifs is 1. The van der Waals surface area contributed by atoms with Crippen LogP contribution in [0.25, 0.3) is 5.65 Å². The zero-order valence-electron chi connectivity index (χ0n) is 14.5. The molecule has 1 amide bonds. The molecule has 1 saturated heterocycles. The SMILES string of the molecule is O=C(NC1(c2cccc(Br)c2)CCOCC1)c1cnc2ccccn2c1=O. The molecule has 3 aromatic rings. The van der Waals surface area contributed by atoms with Gasteiger partial charge in [0, 0.05) is 30.1 Å². The molecular formula is C20H18BrN3O3. The van der Waals surface area contributed by atoms with Gasteiger partial charge in [0.05, 0.1) is 5.54 Å². The fourth-order valence-corrected chi connectivity index (χ4v) is 3.86. The van der Waals surface area contributed by atoms with Gasteiger partial charge < -0.3 is 10.1 Å². The summed E-state index contributed by atoms with van der Waals surface area (Å²) in [6.45, 7) is 1.09. The van der Waals surface area contributed by atoms with Crippen molar-refractivity contribution in [1.29, 1.82) is 0 Å². The summed E-state index contributed by atoms with van der Waals surface area (Å²) in [5, 5.41) is 3.10. The number of carbonyl (C=O) groups excluding carboxylic acids is 1. The lowest BCUT2D eigenvalue weighted by Crippen LogP contribution is -2.50. The fraction of sp³-hybridized carbons (Fsp3) is 0.250. The van der Waals surface area contributed by atoms with Crippen molar-refractivity contribution < 1.29 is 9.53 Å². The topological polar surface area (TPSA) is 72.7 Å². The fourth-order valence-electron chi connectivity index (χ4n) is 3.46. The first-order chi connectivity index (χ1) is 13.1. The van der Waals surface area contributed by atoms with E-state index >= 15 is 0 Å². The van der Waals surface area contributed by atoms with Gasteiger partial charge in [0.25, 0.3) is 11.5 Å². The molecule has 0 spiro atoms. The second-order valence-electron chi connectivity index (χ2n) is 6.56. The molecule has 1 aliphatic rings. The predicted octanol–water partition coefficient (Wildman–Crippen LogP) is 2.89. The average molecular weight is 428 g/mol. The third-order valence-corrected chi connectivity index (χ3v) is 5.43. The number of rotatable bonds is 3. The van der Waals surface area contributed by atoms with E-state index < -0.39 is 11.4 Å². The molecular weight excluding hydrogens is 410 g/mol. The smallest absolute Gasteiger partial charge is 0.270 e. The number of ether oxygens (including phenoxy) is 1. The van der Waals surface area contributed by atoms with Gasteiger partial charge in [-0.3, -0.25) is 14.0 Å². The zero-order valence-corrected chi connectivity index (χ0v) is 16.1. The molecule has 0 atom stereocenters. The highest BCUT2D eigenvalue weighted by Gasteiger charge is 2.37. The Bertz CT molecular complexity index is 1060. The lowest BCUT2D eigenvalue weighted by molar-refractivity contribution is 0.0344. The van der Waals surface area contributed by atoms with Gasteiger partial charge in [0.2, 0.25) is 0 Å². The minimum atomic E-state index is -0.581. The highest BCUT2D eigenvalue weighted by molar-refractivity contribution is 9.10. The first-order valence-electron chi connectivity index (χ1n) is 8.72. The maximum atomic E-state index is 13.0. The Morgan fingerprint density at radius 2 is 2.00 bits per heavy atom. The molecule has 1 aromatic carbocycles. The van der Waals surface area contributed by atoms with Crippen molar-refractivity contribution in [2.24, 2.45) is 0 Å². The Balaban J connectivity index is 1.73. The standard InChI is InChI=1S/C20H18BrN3O3/c21-15-5-3-4-14(12-15)20(7-10-27-11-8-20)23-18(25)16-13-22-17-6-1-2-9-24(17)19(16)26/h1-6,9,12-13H,7-8,10-11H2,(H,23,25). The van der Waals surface area contributed by atoms with Gasteiger partial charge in [-0.1, -0.05) is 34.1 Å². The van der Waals surface area contributed by atoms with E-state index in [1.54, 1.807) is 24.4 Å². The van der Waals surface area contributed by atoms with Crippen LogP contribution < -0.4 is 10.9 Å². The molecule has 1 aliphatic heterocycles. The number of nitrogens with one attached hydrogen (secondary N) is 1. The Morgan fingerprint density at radius 1 is 1.19 bits per heavy atom. The summed E-state index contributed by atoms with van der Waals surface area (Å²) in [5.41, 5.74) is 0.560. The van der Waals surface area contributed by atoms with Gasteiger partial charge in [-0.2, -0.15) is 0 Å². The van der Waals surface area contributed by atoms with Crippen molar-refractivity contribution in [2.75, 3.05) is 13.2 Å². The Kier molecular flexibility index (Phi) is 4.80. The molecule has 0 aliphatic carbocycles. The Labute approximate surface area is 164 Å². The molecule has 0 saturated carbocycles. The third kappa shape index (κ3) is 3.40. The summed E-state index contributed by atoms with van der Waals surface area (Å²) in [6.07, 6.45) is 4.23. The largest absolute Gasteiger partial charge is 0.381 e. The first-order valence-corrected chi connectivity index (χ1v) is 9.51. The summed E-state index contributed by atoms with van der Waals surface area (Å²) >= 11 is 3.50. The van der Waals surface area contributed by atoms with Gasteiger partial charge in [-0.25, -0.2) is 4.98 Å². The van der Waals surface area contributed by atoms with Crippen LogP contribution in [0.5, 0.6) is 0 Å². The molecule has 1 fully saturated rings. The van der Waals surface area contributed by atoms with Crippen LogP contribution in [0.1, 0.15) is 28.8 Å². The van der Waals surface area contributed by atoms with Crippen molar-refractivity contribution in [2.45, 2.75) is 18.4 Å². The van der Waals surface area contributed by atoms with Crippen LogP contribution in [0, 0.1) is 0 Å². The minimum Gasteiger partial charge on any atom is -0.381 e. The number of carbonyl (C=O) groups is 1. The number of aromatic nitrogens is 2. The van der Waals surface area contributed by atoms with E-state index in [-0.39, 0.29) is 11.1 Å². The van der Waals surface area contributed by atoms with Crippen LogP contribution in [0.15, 0.2) is 64.1 Å². The number of hydrogen-bond donors (Lipinski definition) is 1. The van der Waals surface area contributed by atoms with Crippen LogP contribution in [0.3, 0.4) is 0 Å². The summed E-state index contributed by atoms with van der Waals surface area (Å²) in [5.74, 6) is -0.423.